The van der Waals surface area contributed by atoms with Crippen molar-refractivity contribution in [1.82, 2.24) is 0 Å². The van der Waals surface area contributed by atoms with E-state index in [1.165, 1.54) is 0 Å². The number of carbonyl (C=O) groups excluding carboxylic acids is 1. The highest BCUT2D eigenvalue weighted by molar-refractivity contribution is 7.79. The highest BCUT2D eigenvalue weighted by Gasteiger charge is 2.09. The van der Waals surface area contributed by atoms with Gasteiger partial charge in [-0.3, -0.25) is 9.00 Å². The summed E-state index contributed by atoms with van der Waals surface area (Å²) in [5, 5.41) is 8.12. The number of carbonyl (C=O) groups is 2. The van der Waals surface area contributed by atoms with Crippen molar-refractivity contribution in [2.24, 2.45) is 0 Å². The average Bonchev–Trinajstić information content (AvgIpc) is 1.97. The first-order valence-corrected chi connectivity index (χ1v) is 4.60. The maximum atomic E-state index is 10.4. The van der Waals surface area contributed by atoms with Crippen molar-refractivity contribution in [3.63, 3.8) is 0 Å². The molecule has 0 saturated heterocycles. The highest BCUT2D eigenvalue weighted by atomic mass is 32.2. The number of carboxylic acid groups (broad SMARTS) is 1. The van der Waals surface area contributed by atoms with E-state index in [4.69, 9.17) is 5.11 Å². The van der Waals surface area contributed by atoms with Crippen LogP contribution in [0, 0.1) is 0 Å². The Morgan fingerprint density at radius 2 is 1.92 bits per heavy atom. The van der Waals surface area contributed by atoms with Crippen LogP contribution in [0.1, 0.15) is 19.3 Å². The van der Waals surface area contributed by atoms with Gasteiger partial charge in [0, 0.05) is 12.2 Å². The Bertz CT molecular complexity index is 200. The first-order chi connectivity index (χ1) is 5.54. The lowest BCUT2D eigenvalue weighted by Crippen LogP contribution is -2.12. The zero-order chi connectivity index (χ0) is 9.56. The molecule has 0 radical (unpaired) electrons. The fourth-order valence-corrected chi connectivity index (χ4v) is 1.05. The van der Waals surface area contributed by atoms with Gasteiger partial charge in [-0.1, -0.05) is 11.1 Å². The predicted molar refractivity (Wildman–Crippen MR) is 40.3 cm³/mol. The van der Waals surface area contributed by atoms with Gasteiger partial charge in [0.25, 0.3) is 0 Å². The van der Waals surface area contributed by atoms with Crippen LogP contribution in [0.15, 0.2) is 0 Å². The lowest BCUT2D eigenvalue weighted by atomic mass is 10.2. The lowest BCUT2D eigenvalue weighted by Gasteiger charge is -2.02. The molecule has 0 heterocycles. The summed E-state index contributed by atoms with van der Waals surface area (Å²) in [6.45, 7) is 0. The molecule has 1 atom stereocenters. The molecule has 0 aromatic carbocycles. The van der Waals surface area contributed by atoms with Crippen LogP contribution in [-0.4, -0.2) is 31.4 Å². The Hall–Kier alpha value is -0.750. The molecule has 1 unspecified atom stereocenters. The molecule has 0 amide bonds. The van der Waals surface area contributed by atoms with Crippen molar-refractivity contribution in [1.29, 1.82) is 0 Å². The number of carboxylic acids is 1. The Kier molecular flexibility index (Phi) is 5.48. The van der Waals surface area contributed by atoms with E-state index in [0.717, 1.165) is 0 Å². The van der Waals surface area contributed by atoms with Crippen molar-refractivity contribution in [3.05, 3.63) is 0 Å². The van der Waals surface area contributed by atoms with Crippen LogP contribution in [0.5, 0.6) is 0 Å². The number of Topliss-reactive ketones (excluding diaryl/α,β-unsaturated/α-hetero) is 1. The average molecular weight is 193 g/mol. The van der Waals surface area contributed by atoms with Gasteiger partial charge in [0.05, 0.1) is 0 Å². The van der Waals surface area contributed by atoms with E-state index in [2.05, 4.69) is 0 Å². The number of rotatable bonds is 6. The van der Waals surface area contributed by atoms with Crippen LogP contribution in [0.4, 0.5) is 0 Å². The van der Waals surface area contributed by atoms with Crippen LogP contribution in [0.3, 0.4) is 0 Å². The van der Waals surface area contributed by atoms with Gasteiger partial charge in [0.15, 0.2) is 0 Å². The number of aliphatic carboxylic acids is 1. The Balaban J connectivity index is 3.38. The summed E-state index contributed by atoms with van der Waals surface area (Å²) in [6, 6.07) is 0. The van der Waals surface area contributed by atoms with E-state index in [0.29, 0.717) is 12.8 Å². The number of hydrogen-bond donors (Lipinski definition) is 1. The van der Waals surface area contributed by atoms with Crippen LogP contribution in [0.25, 0.3) is 0 Å². The SMILES string of the molecule is O=C(O)C(=O)CCCCS(=O)[O-]. The van der Waals surface area contributed by atoms with Gasteiger partial charge >= 0.3 is 5.97 Å². The Morgan fingerprint density at radius 1 is 1.33 bits per heavy atom. The highest BCUT2D eigenvalue weighted by Crippen LogP contribution is 1.97. The van der Waals surface area contributed by atoms with Gasteiger partial charge in [-0.05, 0) is 12.8 Å². The zero-order valence-corrected chi connectivity index (χ0v) is 7.13. The molecule has 0 fully saturated rings. The molecule has 0 aromatic heterocycles. The Morgan fingerprint density at radius 3 is 2.33 bits per heavy atom. The van der Waals surface area contributed by atoms with E-state index in [9.17, 15) is 18.4 Å². The smallest absolute Gasteiger partial charge is 0.372 e. The minimum atomic E-state index is -2.10. The second kappa shape index (κ2) is 5.84. The molecular formula is C6H9O5S-. The normalized spacial score (nSPS) is 12.4. The maximum Gasteiger partial charge on any atom is 0.372 e. The van der Waals surface area contributed by atoms with Crippen molar-refractivity contribution >= 4 is 22.8 Å². The van der Waals surface area contributed by atoms with Crippen molar-refractivity contribution in [3.8, 4) is 0 Å². The molecule has 5 nitrogen and oxygen atoms in total. The molecule has 0 aliphatic rings. The molecule has 0 saturated carbocycles. The maximum absolute atomic E-state index is 10.4. The summed E-state index contributed by atoms with van der Waals surface area (Å²) in [6.07, 6.45) is 0.542. The van der Waals surface area contributed by atoms with Crippen molar-refractivity contribution in [2.75, 3.05) is 5.75 Å². The molecule has 1 N–H and O–H groups in total. The first-order valence-electron chi connectivity index (χ1n) is 3.36. The third-order valence-corrected chi connectivity index (χ3v) is 1.83. The monoisotopic (exact) mass is 193 g/mol. The second-order valence-electron chi connectivity index (χ2n) is 2.19. The van der Waals surface area contributed by atoms with Crippen LogP contribution in [0.2, 0.25) is 0 Å². The molecule has 0 rings (SSSR count). The summed E-state index contributed by atoms with van der Waals surface area (Å²) < 4.78 is 20.0. The largest absolute Gasteiger partial charge is 0.772 e. The zero-order valence-electron chi connectivity index (χ0n) is 6.32. The number of unbranched alkanes of at least 4 members (excludes halogenated alkanes) is 1. The first kappa shape index (κ1) is 11.2. The summed E-state index contributed by atoms with van der Waals surface area (Å²) in [4.78, 5) is 20.4. The fourth-order valence-electron chi connectivity index (χ4n) is 0.612. The van der Waals surface area contributed by atoms with Gasteiger partial charge in [0.2, 0.25) is 5.78 Å². The second-order valence-corrected chi connectivity index (χ2v) is 3.21. The molecule has 6 heteroatoms. The van der Waals surface area contributed by atoms with Crippen LogP contribution in [-0.2, 0) is 20.7 Å². The molecule has 0 spiro atoms. The molecule has 0 aliphatic heterocycles. The molecule has 0 aromatic rings. The number of ketones is 1. The van der Waals surface area contributed by atoms with E-state index < -0.39 is 22.8 Å². The summed E-state index contributed by atoms with van der Waals surface area (Å²) >= 11 is -2.10. The molecular weight excluding hydrogens is 184 g/mol. The summed E-state index contributed by atoms with van der Waals surface area (Å²) in [7, 11) is 0. The van der Waals surface area contributed by atoms with Gasteiger partial charge < -0.3 is 9.66 Å². The fraction of sp³-hybridized carbons (Fsp3) is 0.667. The van der Waals surface area contributed by atoms with Gasteiger partial charge in [-0.15, -0.1) is 0 Å². The topological polar surface area (TPSA) is 94.5 Å². The minimum absolute atomic E-state index is 0.0209. The lowest BCUT2D eigenvalue weighted by molar-refractivity contribution is -0.149. The number of hydrogen-bond acceptors (Lipinski definition) is 4. The van der Waals surface area contributed by atoms with Crippen molar-refractivity contribution < 1.29 is 23.5 Å². The van der Waals surface area contributed by atoms with E-state index in [1.54, 1.807) is 0 Å². The van der Waals surface area contributed by atoms with Crippen LogP contribution >= 0.6 is 0 Å². The minimum Gasteiger partial charge on any atom is -0.772 e. The molecule has 12 heavy (non-hydrogen) atoms. The predicted octanol–water partition coefficient (Wildman–Crippen LogP) is -0.310. The van der Waals surface area contributed by atoms with E-state index in [1.807, 2.05) is 0 Å². The van der Waals surface area contributed by atoms with E-state index in [-0.39, 0.29) is 12.2 Å². The van der Waals surface area contributed by atoms with Crippen molar-refractivity contribution in [2.45, 2.75) is 19.3 Å². The summed E-state index contributed by atoms with van der Waals surface area (Å²) in [5.41, 5.74) is 0. The molecule has 0 aliphatic carbocycles. The van der Waals surface area contributed by atoms with Gasteiger partial charge in [-0.2, -0.15) is 0 Å². The Labute approximate surface area is 72.1 Å². The quantitative estimate of drug-likeness (QED) is 0.354. The van der Waals surface area contributed by atoms with Crippen LogP contribution < -0.4 is 0 Å². The molecule has 70 valence electrons. The van der Waals surface area contributed by atoms with Gasteiger partial charge in [-0.25, -0.2) is 4.79 Å². The van der Waals surface area contributed by atoms with E-state index >= 15 is 0 Å². The summed E-state index contributed by atoms with van der Waals surface area (Å²) in [5.74, 6) is -2.35. The third kappa shape index (κ3) is 5.99. The third-order valence-electron chi connectivity index (χ3n) is 1.20. The molecule has 0 bridgehead atoms. The standard InChI is InChI=1S/C6H10O5S/c7-5(6(8)9)3-1-2-4-12(10)11/h1-4H2,(H,8,9)(H,10,11)/p-1. The van der Waals surface area contributed by atoms with Gasteiger partial charge in [0.1, 0.15) is 0 Å².